The number of hydrogen-bond acceptors (Lipinski definition) is 2. The predicted octanol–water partition coefficient (Wildman–Crippen LogP) is 3.08. The summed E-state index contributed by atoms with van der Waals surface area (Å²) in [6.07, 6.45) is 1.11. The van der Waals surface area contributed by atoms with Crippen molar-refractivity contribution in [2.24, 2.45) is 11.8 Å². The second-order valence-electron chi connectivity index (χ2n) is 5.32. The maximum atomic E-state index is 11.3. The molecule has 1 aromatic rings. The molecule has 0 bridgehead atoms. The summed E-state index contributed by atoms with van der Waals surface area (Å²) in [5.41, 5.74) is 0.807. The van der Waals surface area contributed by atoms with Crippen LogP contribution in [0.1, 0.15) is 38.8 Å². The van der Waals surface area contributed by atoms with Gasteiger partial charge in [0.2, 0.25) is 0 Å². The van der Waals surface area contributed by atoms with E-state index in [2.05, 4.69) is 26.1 Å². The highest BCUT2D eigenvalue weighted by atomic mass is 16.4. The van der Waals surface area contributed by atoms with Crippen LogP contribution in [0.15, 0.2) is 30.3 Å². The van der Waals surface area contributed by atoms with Gasteiger partial charge >= 0.3 is 5.97 Å². The topological polar surface area (TPSA) is 49.3 Å². The molecule has 0 aliphatic heterocycles. The van der Waals surface area contributed by atoms with Gasteiger partial charge in [-0.25, -0.2) is 0 Å². The van der Waals surface area contributed by atoms with Crippen LogP contribution >= 0.6 is 0 Å². The molecule has 2 N–H and O–H groups in total. The summed E-state index contributed by atoms with van der Waals surface area (Å²) < 4.78 is 0. The fraction of sp³-hybridized carbons (Fsp3) is 0.533. The van der Waals surface area contributed by atoms with Crippen molar-refractivity contribution >= 4 is 5.97 Å². The lowest BCUT2D eigenvalue weighted by Gasteiger charge is -2.19. The van der Waals surface area contributed by atoms with Crippen LogP contribution in [-0.4, -0.2) is 17.6 Å². The molecule has 2 atom stereocenters. The maximum absolute atomic E-state index is 11.3. The van der Waals surface area contributed by atoms with E-state index >= 15 is 0 Å². The fourth-order valence-electron chi connectivity index (χ4n) is 2.20. The van der Waals surface area contributed by atoms with Gasteiger partial charge in [-0.3, -0.25) is 4.79 Å². The van der Waals surface area contributed by atoms with Crippen LogP contribution in [0.5, 0.6) is 0 Å². The molecule has 0 aliphatic carbocycles. The highest BCUT2D eigenvalue weighted by molar-refractivity contribution is 5.75. The molecule has 0 spiro atoms. The second-order valence-corrected chi connectivity index (χ2v) is 5.32. The first-order chi connectivity index (χ1) is 8.50. The Labute approximate surface area is 109 Å². The zero-order valence-corrected chi connectivity index (χ0v) is 11.4. The average molecular weight is 249 g/mol. The van der Waals surface area contributed by atoms with Gasteiger partial charge in [0.1, 0.15) is 6.04 Å². The molecular formula is C15H23NO2. The summed E-state index contributed by atoms with van der Waals surface area (Å²) in [4.78, 5) is 11.3. The molecule has 0 aliphatic rings. The van der Waals surface area contributed by atoms with Gasteiger partial charge in [-0.15, -0.1) is 0 Å². The van der Waals surface area contributed by atoms with Crippen molar-refractivity contribution < 1.29 is 9.90 Å². The minimum Gasteiger partial charge on any atom is -0.480 e. The Hall–Kier alpha value is -1.35. The Balaban J connectivity index is 2.57. The van der Waals surface area contributed by atoms with Crippen molar-refractivity contribution in [2.45, 2.75) is 33.2 Å². The number of benzene rings is 1. The summed E-state index contributed by atoms with van der Waals surface area (Å²) in [5.74, 6) is 0.301. The maximum Gasteiger partial charge on any atom is 0.325 e. The normalized spacial score (nSPS) is 14.4. The minimum atomic E-state index is -0.821. The van der Waals surface area contributed by atoms with Crippen molar-refractivity contribution in [3.63, 3.8) is 0 Å². The van der Waals surface area contributed by atoms with Crippen LogP contribution in [0.3, 0.4) is 0 Å². The van der Waals surface area contributed by atoms with E-state index in [9.17, 15) is 9.90 Å². The van der Waals surface area contributed by atoms with Crippen molar-refractivity contribution in [3.8, 4) is 0 Å². The van der Waals surface area contributed by atoms with E-state index in [1.165, 1.54) is 0 Å². The third-order valence-corrected chi connectivity index (χ3v) is 2.92. The van der Waals surface area contributed by atoms with Gasteiger partial charge in [0.25, 0.3) is 0 Å². The van der Waals surface area contributed by atoms with E-state index in [4.69, 9.17) is 0 Å². The lowest BCUT2D eigenvalue weighted by Crippen LogP contribution is -2.32. The van der Waals surface area contributed by atoms with Crippen molar-refractivity contribution in [2.75, 3.05) is 6.54 Å². The molecule has 0 radical (unpaired) electrons. The van der Waals surface area contributed by atoms with Gasteiger partial charge in [-0.05, 0) is 30.4 Å². The molecule has 0 amide bonds. The van der Waals surface area contributed by atoms with E-state index in [1.807, 2.05) is 30.3 Å². The Morgan fingerprint density at radius 2 is 1.83 bits per heavy atom. The van der Waals surface area contributed by atoms with E-state index in [0.29, 0.717) is 11.8 Å². The first-order valence-electron chi connectivity index (χ1n) is 6.51. The zero-order chi connectivity index (χ0) is 13.5. The lowest BCUT2D eigenvalue weighted by molar-refractivity contribution is -0.139. The molecule has 3 heteroatoms. The molecular weight excluding hydrogens is 226 g/mol. The number of aliphatic carboxylic acids is 1. The van der Waals surface area contributed by atoms with Gasteiger partial charge in [0.15, 0.2) is 0 Å². The van der Waals surface area contributed by atoms with Gasteiger partial charge < -0.3 is 10.4 Å². The molecule has 18 heavy (non-hydrogen) atoms. The first-order valence-corrected chi connectivity index (χ1v) is 6.51. The van der Waals surface area contributed by atoms with Crippen molar-refractivity contribution in [1.29, 1.82) is 0 Å². The fourth-order valence-corrected chi connectivity index (χ4v) is 2.20. The van der Waals surface area contributed by atoms with Crippen LogP contribution in [-0.2, 0) is 4.79 Å². The van der Waals surface area contributed by atoms with Crippen LogP contribution < -0.4 is 5.32 Å². The number of carboxylic acid groups (broad SMARTS) is 1. The highest BCUT2D eigenvalue weighted by Gasteiger charge is 2.19. The van der Waals surface area contributed by atoms with E-state index in [1.54, 1.807) is 0 Å². The minimum absolute atomic E-state index is 0.482. The van der Waals surface area contributed by atoms with Crippen LogP contribution in [0, 0.1) is 11.8 Å². The number of carboxylic acids is 1. The van der Waals surface area contributed by atoms with Crippen molar-refractivity contribution in [1.82, 2.24) is 5.32 Å². The van der Waals surface area contributed by atoms with Gasteiger partial charge in [-0.2, -0.15) is 0 Å². The monoisotopic (exact) mass is 249 g/mol. The molecule has 0 heterocycles. The molecule has 3 nitrogen and oxygen atoms in total. The van der Waals surface area contributed by atoms with Gasteiger partial charge in [0.05, 0.1) is 0 Å². The standard InChI is InChI=1S/C15H23NO2/c1-11(2)9-12(3)10-16-14(15(17)18)13-7-5-4-6-8-13/h4-8,11-12,14,16H,9-10H2,1-3H3,(H,17,18)/t12?,14-/m1/s1. The summed E-state index contributed by atoms with van der Waals surface area (Å²) in [5, 5.41) is 12.4. The number of hydrogen-bond donors (Lipinski definition) is 2. The first kappa shape index (κ1) is 14.7. The Morgan fingerprint density at radius 1 is 1.22 bits per heavy atom. The quantitative estimate of drug-likeness (QED) is 0.780. The van der Waals surface area contributed by atoms with Crippen LogP contribution in [0.2, 0.25) is 0 Å². The molecule has 0 aromatic heterocycles. The predicted molar refractivity (Wildman–Crippen MR) is 73.4 cm³/mol. The Morgan fingerprint density at radius 3 is 2.33 bits per heavy atom. The SMILES string of the molecule is CC(C)CC(C)CN[C@@H](C(=O)O)c1ccccc1. The summed E-state index contributed by atoms with van der Waals surface area (Å²) in [6.45, 7) is 7.24. The summed E-state index contributed by atoms with van der Waals surface area (Å²) in [7, 11) is 0. The van der Waals surface area contributed by atoms with E-state index in [-0.39, 0.29) is 0 Å². The summed E-state index contributed by atoms with van der Waals surface area (Å²) in [6, 6.07) is 8.71. The third kappa shape index (κ3) is 4.88. The van der Waals surface area contributed by atoms with Crippen LogP contribution in [0.4, 0.5) is 0 Å². The third-order valence-electron chi connectivity index (χ3n) is 2.92. The van der Waals surface area contributed by atoms with E-state index < -0.39 is 12.0 Å². The molecule has 0 saturated carbocycles. The smallest absolute Gasteiger partial charge is 0.325 e. The Bertz CT molecular complexity index is 362. The highest BCUT2D eigenvalue weighted by Crippen LogP contribution is 2.15. The molecule has 100 valence electrons. The van der Waals surface area contributed by atoms with Crippen LogP contribution in [0.25, 0.3) is 0 Å². The lowest BCUT2D eigenvalue weighted by atomic mass is 9.98. The molecule has 1 unspecified atom stereocenters. The second kappa shape index (κ2) is 7.17. The van der Waals surface area contributed by atoms with E-state index in [0.717, 1.165) is 18.5 Å². The zero-order valence-electron chi connectivity index (χ0n) is 11.4. The molecule has 1 rings (SSSR count). The molecule has 1 aromatic carbocycles. The Kier molecular flexibility index (Phi) is 5.86. The number of rotatable bonds is 7. The van der Waals surface area contributed by atoms with Crippen molar-refractivity contribution in [3.05, 3.63) is 35.9 Å². The van der Waals surface area contributed by atoms with Gasteiger partial charge in [-0.1, -0.05) is 51.1 Å². The number of nitrogens with one attached hydrogen (secondary N) is 1. The average Bonchev–Trinajstić information content (AvgIpc) is 2.29. The largest absolute Gasteiger partial charge is 0.480 e. The number of carbonyl (C=O) groups is 1. The van der Waals surface area contributed by atoms with Gasteiger partial charge in [0, 0.05) is 0 Å². The summed E-state index contributed by atoms with van der Waals surface area (Å²) >= 11 is 0. The molecule has 0 fully saturated rings. The molecule has 0 saturated heterocycles.